The van der Waals surface area contributed by atoms with Crippen molar-refractivity contribution in [3.8, 4) is 5.75 Å². The second kappa shape index (κ2) is 7.28. The van der Waals surface area contributed by atoms with Crippen molar-refractivity contribution < 1.29 is 17.3 Å². The Balaban J connectivity index is 2.16. The highest BCUT2D eigenvalue weighted by Crippen LogP contribution is 2.24. The van der Waals surface area contributed by atoms with Crippen LogP contribution in [-0.4, -0.2) is 27.1 Å². The Kier molecular flexibility index (Phi) is 5.63. The zero-order chi connectivity index (χ0) is 16.2. The van der Waals surface area contributed by atoms with E-state index in [0.29, 0.717) is 6.61 Å². The van der Waals surface area contributed by atoms with Gasteiger partial charge in [-0.15, -0.1) is 0 Å². The summed E-state index contributed by atoms with van der Waals surface area (Å²) in [5.41, 5.74) is 1.02. The van der Waals surface area contributed by atoms with Gasteiger partial charge in [-0.25, -0.2) is 4.98 Å². The highest BCUT2D eigenvalue weighted by Gasteiger charge is 2.18. The fourth-order valence-electron chi connectivity index (χ4n) is 1.65. The molecule has 0 saturated heterocycles. The predicted molar refractivity (Wildman–Crippen MR) is 84.1 cm³/mol. The number of rotatable bonds is 6. The van der Waals surface area contributed by atoms with E-state index in [-0.39, 0.29) is 20.8 Å². The van der Waals surface area contributed by atoms with Gasteiger partial charge in [0.15, 0.2) is 0 Å². The highest BCUT2D eigenvalue weighted by molar-refractivity contribution is 7.87. The van der Waals surface area contributed by atoms with Gasteiger partial charge in [0, 0.05) is 7.11 Å². The van der Waals surface area contributed by atoms with Crippen LogP contribution in [-0.2, 0) is 21.3 Å². The van der Waals surface area contributed by atoms with Crippen molar-refractivity contribution in [1.29, 1.82) is 0 Å². The number of ether oxygens (including phenoxy) is 1. The van der Waals surface area contributed by atoms with E-state index in [1.165, 1.54) is 6.07 Å². The van der Waals surface area contributed by atoms with Crippen LogP contribution in [0, 0.1) is 0 Å². The SMILES string of the molecule is COCCc1ccc(OS(=O)(=O)c2cnc(Cl)c(Cl)c2)cc1. The number of halogens is 2. The number of aromatic nitrogens is 1. The van der Waals surface area contributed by atoms with Crippen LogP contribution in [0.15, 0.2) is 41.4 Å². The van der Waals surface area contributed by atoms with Crippen LogP contribution in [0.4, 0.5) is 0 Å². The van der Waals surface area contributed by atoms with E-state index < -0.39 is 10.1 Å². The van der Waals surface area contributed by atoms with Crippen LogP contribution in [0.1, 0.15) is 5.56 Å². The van der Waals surface area contributed by atoms with Gasteiger partial charge in [0.2, 0.25) is 0 Å². The summed E-state index contributed by atoms with van der Waals surface area (Å²) in [6.45, 7) is 0.591. The summed E-state index contributed by atoms with van der Waals surface area (Å²) in [6, 6.07) is 7.90. The first kappa shape index (κ1) is 17.0. The zero-order valence-corrected chi connectivity index (χ0v) is 14.0. The van der Waals surface area contributed by atoms with Crippen molar-refractivity contribution in [2.75, 3.05) is 13.7 Å². The van der Waals surface area contributed by atoms with Crippen LogP contribution in [0.3, 0.4) is 0 Å². The monoisotopic (exact) mass is 361 g/mol. The molecule has 2 aromatic rings. The van der Waals surface area contributed by atoms with Crippen LogP contribution < -0.4 is 4.18 Å². The molecule has 0 aliphatic heterocycles. The molecule has 0 fully saturated rings. The van der Waals surface area contributed by atoms with Crippen molar-refractivity contribution in [1.82, 2.24) is 4.98 Å². The van der Waals surface area contributed by atoms with E-state index >= 15 is 0 Å². The van der Waals surface area contributed by atoms with Crippen molar-refractivity contribution in [2.24, 2.45) is 0 Å². The Morgan fingerprint density at radius 2 is 1.86 bits per heavy atom. The number of hydrogen-bond donors (Lipinski definition) is 0. The average Bonchev–Trinajstić information content (AvgIpc) is 2.49. The van der Waals surface area contributed by atoms with Crippen molar-refractivity contribution >= 4 is 33.3 Å². The molecule has 0 aliphatic carbocycles. The Morgan fingerprint density at radius 1 is 1.18 bits per heavy atom. The Hall–Kier alpha value is -1.34. The minimum Gasteiger partial charge on any atom is -0.384 e. The minimum absolute atomic E-state index is 0.0307. The number of pyridine rings is 1. The smallest absolute Gasteiger partial charge is 0.340 e. The molecule has 22 heavy (non-hydrogen) atoms. The molecule has 2 rings (SSSR count). The second-order valence-electron chi connectivity index (χ2n) is 4.37. The van der Waals surface area contributed by atoms with Crippen LogP contribution >= 0.6 is 23.2 Å². The number of benzene rings is 1. The first-order valence-corrected chi connectivity index (χ1v) is 8.42. The maximum Gasteiger partial charge on any atom is 0.340 e. The van der Waals surface area contributed by atoms with Crippen molar-refractivity contribution in [2.45, 2.75) is 11.3 Å². The highest BCUT2D eigenvalue weighted by atomic mass is 35.5. The molecule has 1 aromatic heterocycles. The topological polar surface area (TPSA) is 65.5 Å². The molecule has 5 nitrogen and oxygen atoms in total. The summed E-state index contributed by atoms with van der Waals surface area (Å²) in [6.07, 6.45) is 1.83. The van der Waals surface area contributed by atoms with Gasteiger partial charge in [-0.1, -0.05) is 35.3 Å². The Morgan fingerprint density at radius 3 is 2.45 bits per heavy atom. The van der Waals surface area contributed by atoms with Crippen molar-refractivity contribution in [3.63, 3.8) is 0 Å². The summed E-state index contributed by atoms with van der Waals surface area (Å²) in [4.78, 5) is 3.53. The molecule has 0 atom stereocenters. The number of methoxy groups -OCH3 is 1. The standard InChI is InChI=1S/C14H13Cl2NO4S/c1-20-7-6-10-2-4-11(5-3-10)21-22(18,19)12-8-13(15)14(16)17-9-12/h2-5,8-9H,6-7H2,1H3. The molecule has 0 spiro atoms. The molecule has 0 aliphatic rings. The molecule has 0 bridgehead atoms. The van der Waals surface area contributed by atoms with E-state index in [2.05, 4.69) is 4.98 Å². The summed E-state index contributed by atoms with van der Waals surface area (Å²) in [5, 5.41) is 0.0735. The van der Waals surface area contributed by atoms with Gasteiger partial charge in [0.1, 0.15) is 15.8 Å². The molecule has 1 heterocycles. The van der Waals surface area contributed by atoms with Gasteiger partial charge < -0.3 is 8.92 Å². The van der Waals surface area contributed by atoms with E-state index in [4.69, 9.17) is 32.1 Å². The Labute approximate surface area is 138 Å². The molecule has 0 amide bonds. The zero-order valence-electron chi connectivity index (χ0n) is 11.6. The maximum absolute atomic E-state index is 12.1. The number of hydrogen-bond acceptors (Lipinski definition) is 5. The predicted octanol–water partition coefficient (Wildman–Crippen LogP) is 3.35. The molecule has 118 valence electrons. The van der Waals surface area contributed by atoms with Gasteiger partial charge in [-0.3, -0.25) is 0 Å². The van der Waals surface area contributed by atoms with Crippen LogP contribution in [0.5, 0.6) is 5.75 Å². The van der Waals surface area contributed by atoms with E-state index in [1.807, 2.05) is 0 Å². The molecular formula is C14H13Cl2NO4S. The molecule has 0 saturated carbocycles. The number of nitrogens with zero attached hydrogens (tertiary/aromatic N) is 1. The average molecular weight is 362 g/mol. The van der Waals surface area contributed by atoms with Gasteiger partial charge in [0.05, 0.1) is 17.8 Å². The molecule has 0 unspecified atom stereocenters. The van der Waals surface area contributed by atoms with E-state index in [9.17, 15) is 8.42 Å². The summed E-state index contributed by atoms with van der Waals surface area (Å²) < 4.78 is 34.3. The normalized spacial score (nSPS) is 11.4. The first-order chi connectivity index (χ1) is 10.4. The third kappa shape index (κ3) is 4.33. The fourth-order valence-corrected chi connectivity index (χ4v) is 2.89. The van der Waals surface area contributed by atoms with E-state index in [0.717, 1.165) is 18.2 Å². The molecule has 8 heteroatoms. The third-order valence-corrected chi connectivity index (χ3v) is 4.68. The van der Waals surface area contributed by atoms with Crippen LogP contribution in [0.2, 0.25) is 10.2 Å². The lowest BCUT2D eigenvalue weighted by Crippen LogP contribution is -2.10. The molecule has 0 N–H and O–H groups in total. The maximum atomic E-state index is 12.1. The summed E-state index contributed by atoms with van der Waals surface area (Å²) >= 11 is 11.4. The van der Waals surface area contributed by atoms with Gasteiger partial charge >= 0.3 is 10.1 Å². The lowest BCUT2D eigenvalue weighted by Gasteiger charge is -2.08. The molecule has 1 aromatic carbocycles. The van der Waals surface area contributed by atoms with Crippen LogP contribution in [0.25, 0.3) is 0 Å². The molecule has 0 radical (unpaired) electrons. The lowest BCUT2D eigenvalue weighted by atomic mass is 10.1. The minimum atomic E-state index is -4.01. The molecular weight excluding hydrogens is 349 g/mol. The van der Waals surface area contributed by atoms with Gasteiger partial charge in [-0.05, 0) is 30.2 Å². The van der Waals surface area contributed by atoms with E-state index in [1.54, 1.807) is 31.4 Å². The fraction of sp³-hybridized carbons (Fsp3) is 0.214. The largest absolute Gasteiger partial charge is 0.384 e. The van der Waals surface area contributed by atoms with Gasteiger partial charge in [-0.2, -0.15) is 8.42 Å². The summed E-state index contributed by atoms with van der Waals surface area (Å²) in [5.74, 6) is 0.201. The third-order valence-electron chi connectivity index (χ3n) is 2.78. The van der Waals surface area contributed by atoms with Crippen molar-refractivity contribution in [3.05, 3.63) is 52.3 Å². The second-order valence-corrected chi connectivity index (χ2v) is 6.68. The Bertz CT molecular complexity index is 748. The first-order valence-electron chi connectivity index (χ1n) is 6.26. The van der Waals surface area contributed by atoms with Gasteiger partial charge in [0.25, 0.3) is 0 Å². The summed E-state index contributed by atoms with van der Waals surface area (Å²) in [7, 11) is -2.39. The quantitative estimate of drug-likeness (QED) is 0.583. The lowest BCUT2D eigenvalue weighted by molar-refractivity contribution is 0.202.